The normalized spacial score (nSPS) is 7.08. The number of nitrogens with zero attached hydrogens (tertiary/aromatic N) is 6. The molecule has 0 aromatic carbocycles. The molecule has 0 atom stereocenters. The van der Waals surface area contributed by atoms with E-state index in [1.807, 2.05) is 0 Å². The molecule has 2 aromatic rings. The average molecular weight is 420 g/mol. The van der Waals surface area contributed by atoms with Gasteiger partial charge in [0.05, 0.1) is 24.3 Å². The van der Waals surface area contributed by atoms with Gasteiger partial charge in [0.2, 0.25) is 0 Å². The van der Waals surface area contributed by atoms with E-state index in [1.165, 1.54) is 24.8 Å². The molecular formula is C10H6CoN6NaO8. The molecule has 0 N–H and O–H groups in total. The van der Waals surface area contributed by atoms with Crippen molar-refractivity contribution in [2.75, 3.05) is 0 Å². The fourth-order valence-corrected chi connectivity index (χ4v) is 0.809. The van der Waals surface area contributed by atoms with Gasteiger partial charge in [0, 0.05) is 24.8 Å². The maximum Gasteiger partial charge on any atom is 3.00 e. The summed E-state index contributed by atoms with van der Waals surface area (Å²) in [5.41, 5.74) is -0.282. The zero-order valence-corrected chi connectivity index (χ0v) is 15.8. The Labute approximate surface area is 177 Å². The first-order valence-electron chi connectivity index (χ1n) is 5.29. The summed E-state index contributed by atoms with van der Waals surface area (Å²) in [4.78, 5) is 49.9. The predicted octanol–water partition coefficient (Wildman–Crippen LogP) is -4.82. The van der Waals surface area contributed by atoms with Crippen molar-refractivity contribution in [2.45, 2.75) is 0 Å². The molecule has 0 saturated heterocycles. The molecule has 16 heteroatoms. The second-order valence-electron chi connectivity index (χ2n) is 2.91. The number of aromatic nitrogens is 4. The Bertz CT molecular complexity index is 568. The second-order valence-corrected chi connectivity index (χ2v) is 2.91. The Hall–Kier alpha value is -2.59. The number of rotatable bonds is 2. The zero-order chi connectivity index (χ0) is 18.8. The standard InChI is InChI=1S/2C5H4N2O2.Co.2HNO2.Na/c2*8-5(9)4-3-6-1-2-7-4;;2*2-1-3;/h2*1-3H,(H,8,9);;2*(H,2,3);/q;;+3;;;+1/p-4. The van der Waals surface area contributed by atoms with E-state index >= 15 is 0 Å². The van der Waals surface area contributed by atoms with Crippen LogP contribution in [0.1, 0.15) is 21.0 Å². The first-order valence-corrected chi connectivity index (χ1v) is 5.29. The maximum atomic E-state index is 9.99. The fourth-order valence-electron chi connectivity index (χ4n) is 0.809. The van der Waals surface area contributed by atoms with E-state index in [2.05, 4.69) is 19.9 Å². The largest absolute Gasteiger partial charge is 3.00 e. The number of aromatic carboxylic acids is 2. The fraction of sp³-hybridized carbons (Fsp3) is 0. The van der Waals surface area contributed by atoms with Gasteiger partial charge in [-0.25, -0.2) is 0 Å². The van der Waals surface area contributed by atoms with E-state index in [0.717, 1.165) is 23.1 Å². The summed E-state index contributed by atoms with van der Waals surface area (Å²) in [6.07, 6.45) is 7.65. The van der Waals surface area contributed by atoms with Crippen LogP contribution in [-0.2, 0) is 16.8 Å². The molecule has 0 aliphatic carbocycles. The van der Waals surface area contributed by atoms with Crippen molar-refractivity contribution in [3.05, 3.63) is 68.8 Å². The van der Waals surface area contributed by atoms with E-state index in [1.54, 1.807) is 0 Å². The minimum absolute atomic E-state index is 0. The molecular weight excluding hydrogens is 414 g/mol. The molecule has 0 saturated carbocycles. The Kier molecular flexibility index (Phi) is 26.9. The van der Waals surface area contributed by atoms with Crippen molar-refractivity contribution < 1.29 is 66.1 Å². The van der Waals surface area contributed by atoms with Gasteiger partial charge in [-0.1, -0.05) is 0 Å². The van der Waals surface area contributed by atoms with E-state index in [-0.39, 0.29) is 57.7 Å². The summed E-state index contributed by atoms with van der Waals surface area (Å²) in [5, 5.41) is 38.0. The van der Waals surface area contributed by atoms with E-state index in [9.17, 15) is 19.8 Å². The Morgan fingerprint density at radius 1 is 0.769 bits per heavy atom. The first-order chi connectivity index (χ1) is 11.4. The molecule has 2 rings (SSSR count). The SMILES string of the molecule is O=C([O-])c1cnccn1.O=C([O-])c1cnccn1.O=N[O-].O=N[O-].[Co+3].[Na+]. The van der Waals surface area contributed by atoms with Crippen LogP contribution in [0.4, 0.5) is 0 Å². The summed E-state index contributed by atoms with van der Waals surface area (Å²) >= 11 is 0. The third kappa shape index (κ3) is 19.5. The topological polar surface area (TPSA) is 237 Å². The quantitative estimate of drug-likeness (QED) is 0.253. The minimum Gasteiger partial charge on any atom is -0.543 e. The van der Waals surface area contributed by atoms with Gasteiger partial charge >= 0.3 is 46.3 Å². The molecule has 0 unspecified atom stereocenters. The number of hydrogen-bond donors (Lipinski definition) is 0. The number of carbonyl (C=O) groups excluding carboxylic acids is 2. The molecule has 0 spiro atoms. The molecule has 14 nitrogen and oxygen atoms in total. The van der Waals surface area contributed by atoms with E-state index in [0.29, 0.717) is 0 Å². The van der Waals surface area contributed by atoms with Gasteiger partial charge in [-0.05, 0) is 0 Å². The number of carboxylic acids is 2. The van der Waals surface area contributed by atoms with Crippen LogP contribution in [0.3, 0.4) is 0 Å². The van der Waals surface area contributed by atoms with Gasteiger partial charge in [0.25, 0.3) is 0 Å². The van der Waals surface area contributed by atoms with Gasteiger partial charge in [0.1, 0.15) is 11.4 Å². The summed E-state index contributed by atoms with van der Waals surface area (Å²) in [6, 6.07) is 0. The van der Waals surface area contributed by atoms with Crippen molar-refractivity contribution in [2.24, 2.45) is 10.7 Å². The maximum absolute atomic E-state index is 9.99. The van der Waals surface area contributed by atoms with Gasteiger partial charge in [-0.3, -0.25) is 19.9 Å². The van der Waals surface area contributed by atoms with Gasteiger partial charge in [-0.2, -0.15) is 0 Å². The molecule has 134 valence electrons. The van der Waals surface area contributed by atoms with Gasteiger partial charge < -0.3 is 40.0 Å². The second kappa shape index (κ2) is 22.4. The molecule has 0 radical (unpaired) electrons. The summed E-state index contributed by atoms with van der Waals surface area (Å²) in [6.45, 7) is 0. The monoisotopic (exact) mass is 420 g/mol. The van der Waals surface area contributed by atoms with Gasteiger partial charge in [0.15, 0.2) is 0 Å². The van der Waals surface area contributed by atoms with Crippen LogP contribution in [0.15, 0.2) is 47.9 Å². The van der Waals surface area contributed by atoms with Crippen LogP contribution < -0.4 is 39.8 Å². The number of carboxylic acid groups (broad SMARTS) is 2. The van der Waals surface area contributed by atoms with Crippen LogP contribution in [0.5, 0.6) is 0 Å². The Morgan fingerprint density at radius 2 is 1.04 bits per heavy atom. The summed E-state index contributed by atoms with van der Waals surface area (Å²) in [7, 11) is 0. The van der Waals surface area contributed by atoms with Crippen molar-refractivity contribution in [1.82, 2.24) is 19.9 Å². The molecule has 2 heterocycles. The van der Waals surface area contributed by atoms with E-state index < -0.39 is 11.9 Å². The summed E-state index contributed by atoms with van der Waals surface area (Å²) < 4.78 is 0. The minimum atomic E-state index is -1.30. The van der Waals surface area contributed by atoms with Crippen molar-refractivity contribution >= 4 is 11.9 Å². The van der Waals surface area contributed by atoms with Crippen LogP contribution >= 0.6 is 0 Å². The smallest absolute Gasteiger partial charge is 0.543 e. The van der Waals surface area contributed by atoms with Crippen molar-refractivity contribution in [3.63, 3.8) is 0 Å². The third-order valence-electron chi connectivity index (χ3n) is 1.54. The average Bonchev–Trinajstić information content (AvgIpc) is 2.58. The van der Waals surface area contributed by atoms with Crippen molar-refractivity contribution in [3.8, 4) is 0 Å². The number of hydrogen-bond acceptors (Lipinski definition) is 14. The van der Waals surface area contributed by atoms with E-state index in [4.69, 9.17) is 20.2 Å². The molecule has 0 bridgehead atoms. The third-order valence-corrected chi connectivity index (χ3v) is 1.54. The van der Waals surface area contributed by atoms with Crippen LogP contribution in [-0.4, -0.2) is 31.9 Å². The van der Waals surface area contributed by atoms with Crippen molar-refractivity contribution in [1.29, 1.82) is 0 Å². The van der Waals surface area contributed by atoms with Gasteiger partial charge in [-0.15, -0.1) is 10.7 Å². The molecule has 0 amide bonds. The predicted molar refractivity (Wildman–Crippen MR) is 71.0 cm³/mol. The molecule has 2 aromatic heterocycles. The number of carbonyl (C=O) groups is 2. The molecule has 0 aliphatic rings. The molecule has 26 heavy (non-hydrogen) atoms. The Morgan fingerprint density at radius 3 is 1.15 bits per heavy atom. The van der Waals surface area contributed by atoms with Crippen LogP contribution in [0.25, 0.3) is 0 Å². The zero-order valence-electron chi connectivity index (χ0n) is 12.7. The first kappa shape index (κ1) is 31.2. The van der Waals surface area contributed by atoms with Crippen LogP contribution in [0, 0.1) is 20.2 Å². The Balaban J connectivity index is -0.000000136. The molecule has 0 aliphatic heterocycles. The molecule has 0 fully saturated rings. The van der Waals surface area contributed by atoms with Crippen LogP contribution in [0.2, 0.25) is 0 Å². The summed E-state index contributed by atoms with van der Waals surface area (Å²) in [5.74, 6) is -2.61.